The summed E-state index contributed by atoms with van der Waals surface area (Å²) >= 11 is 4.00. The van der Waals surface area contributed by atoms with Crippen LogP contribution in [0.5, 0.6) is 0 Å². The van der Waals surface area contributed by atoms with Crippen LogP contribution in [0.15, 0.2) is 22.0 Å². The van der Waals surface area contributed by atoms with Gasteiger partial charge in [0.2, 0.25) is 0 Å². The normalized spacial score (nSPS) is 10.8. The number of hydrogen-bond donors (Lipinski definition) is 2. The summed E-state index contributed by atoms with van der Waals surface area (Å²) in [6.45, 7) is 0.0272. The fraction of sp³-hybridized carbons (Fsp3) is 0.250. The van der Waals surface area contributed by atoms with Gasteiger partial charge >= 0.3 is 11.7 Å². The zero-order valence-corrected chi connectivity index (χ0v) is 8.96. The van der Waals surface area contributed by atoms with Crippen molar-refractivity contribution in [1.82, 2.24) is 19.4 Å². The molecule has 0 amide bonds. The number of rotatable bonds is 3. The standard InChI is InChI=1S/C8H8N4O3S/c13-7(14)3-4-11-8(15)12-5(9-11)1-2-6(16)10-12/h1-2H,3-4H2,(H,10,16)(H,13,14). The summed E-state index contributed by atoms with van der Waals surface area (Å²) in [4.78, 5) is 22.0. The molecule has 8 heteroatoms. The molecule has 0 saturated heterocycles. The van der Waals surface area contributed by atoms with Gasteiger partial charge in [0.25, 0.3) is 0 Å². The summed E-state index contributed by atoms with van der Waals surface area (Å²) in [7, 11) is 0. The van der Waals surface area contributed by atoms with Gasteiger partial charge < -0.3 is 5.11 Å². The molecule has 0 unspecified atom stereocenters. The molecule has 16 heavy (non-hydrogen) atoms. The van der Waals surface area contributed by atoms with E-state index in [1.54, 1.807) is 12.1 Å². The molecule has 7 nitrogen and oxygen atoms in total. The first-order valence-electron chi connectivity index (χ1n) is 4.45. The lowest BCUT2D eigenvalue weighted by atomic mass is 10.4. The predicted octanol–water partition coefficient (Wildman–Crippen LogP) is -0.346. The molecule has 0 aromatic carbocycles. The Kier molecular flexibility index (Phi) is 2.65. The molecule has 0 aliphatic carbocycles. The highest BCUT2D eigenvalue weighted by Gasteiger charge is 2.08. The Morgan fingerprint density at radius 1 is 1.44 bits per heavy atom. The third-order valence-corrected chi connectivity index (χ3v) is 2.20. The highest BCUT2D eigenvalue weighted by Crippen LogP contribution is 2.01. The largest absolute Gasteiger partial charge is 0.481 e. The number of aliphatic carboxylic acids is 1. The Morgan fingerprint density at radius 2 is 2.19 bits per heavy atom. The van der Waals surface area contributed by atoms with Gasteiger partial charge in [0, 0.05) is 0 Å². The van der Waals surface area contributed by atoms with Crippen LogP contribution in [-0.2, 0) is 11.3 Å². The summed E-state index contributed by atoms with van der Waals surface area (Å²) in [5.41, 5.74) is -0.0969. The van der Waals surface area contributed by atoms with Gasteiger partial charge in [-0.05, 0) is 12.1 Å². The van der Waals surface area contributed by atoms with Crippen LogP contribution in [0.25, 0.3) is 5.65 Å². The zero-order valence-electron chi connectivity index (χ0n) is 8.07. The van der Waals surface area contributed by atoms with Crippen molar-refractivity contribution < 1.29 is 9.90 Å². The minimum atomic E-state index is -0.980. The van der Waals surface area contributed by atoms with E-state index in [2.05, 4.69) is 22.8 Å². The summed E-state index contributed by atoms with van der Waals surface area (Å²) in [5, 5.41) is 16.7. The topological polar surface area (TPSA) is 89.5 Å². The van der Waals surface area contributed by atoms with E-state index in [4.69, 9.17) is 5.11 Å². The zero-order chi connectivity index (χ0) is 11.7. The summed E-state index contributed by atoms with van der Waals surface area (Å²) in [6, 6.07) is 3.19. The second-order valence-electron chi connectivity index (χ2n) is 3.11. The van der Waals surface area contributed by atoms with Crippen LogP contribution in [0.1, 0.15) is 6.42 Å². The predicted molar refractivity (Wildman–Crippen MR) is 56.8 cm³/mol. The van der Waals surface area contributed by atoms with Gasteiger partial charge in [-0.25, -0.2) is 9.48 Å². The summed E-state index contributed by atoms with van der Waals surface area (Å²) < 4.78 is 2.16. The van der Waals surface area contributed by atoms with Crippen molar-refractivity contribution >= 4 is 24.2 Å². The fourth-order valence-corrected chi connectivity index (χ4v) is 1.41. The van der Waals surface area contributed by atoms with Crippen LogP contribution in [0.4, 0.5) is 0 Å². The lowest BCUT2D eigenvalue weighted by Crippen LogP contribution is -2.23. The molecule has 2 heterocycles. The molecular formula is C8H8N4O3S. The number of aromatic nitrogens is 4. The first-order chi connectivity index (χ1) is 7.58. The Balaban J connectivity index is 2.44. The molecule has 0 aliphatic rings. The van der Waals surface area contributed by atoms with Crippen LogP contribution in [0.3, 0.4) is 0 Å². The molecule has 0 fully saturated rings. The molecular weight excluding hydrogens is 232 g/mol. The number of nitrogens with zero attached hydrogens (tertiary/aromatic N) is 4. The van der Waals surface area contributed by atoms with Crippen molar-refractivity contribution in [2.75, 3.05) is 0 Å². The molecule has 0 aliphatic heterocycles. The average molecular weight is 240 g/mol. The number of carboxylic acids is 1. The van der Waals surface area contributed by atoms with E-state index in [0.717, 1.165) is 9.20 Å². The molecule has 0 radical (unpaired) electrons. The van der Waals surface area contributed by atoms with E-state index in [1.165, 1.54) is 0 Å². The van der Waals surface area contributed by atoms with Crippen molar-refractivity contribution in [2.45, 2.75) is 18.0 Å². The quantitative estimate of drug-likeness (QED) is 0.716. The maximum absolute atomic E-state index is 11.7. The van der Waals surface area contributed by atoms with Gasteiger partial charge in [-0.1, -0.05) is 0 Å². The molecule has 1 N–H and O–H groups in total. The van der Waals surface area contributed by atoms with E-state index in [1.807, 2.05) is 0 Å². The van der Waals surface area contributed by atoms with Gasteiger partial charge in [-0.15, -0.1) is 17.7 Å². The van der Waals surface area contributed by atoms with E-state index in [9.17, 15) is 9.59 Å². The van der Waals surface area contributed by atoms with Crippen LogP contribution in [0.2, 0.25) is 0 Å². The van der Waals surface area contributed by atoms with Crippen LogP contribution in [-0.4, -0.2) is 30.5 Å². The number of thiol groups is 1. The number of carbonyl (C=O) groups is 1. The molecule has 2 aromatic heterocycles. The van der Waals surface area contributed by atoms with Gasteiger partial charge in [0.1, 0.15) is 5.03 Å². The molecule has 0 atom stereocenters. The second kappa shape index (κ2) is 3.97. The SMILES string of the molecule is O=C(O)CCn1nc2ccc(S)nn2c1=O. The fourth-order valence-electron chi connectivity index (χ4n) is 1.25. The summed E-state index contributed by atoms with van der Waals surface area (Å²) in [6.07, 6.45) is -0.155. The average Bonchev–Trinajstić information content (AvgIpc) is 2.53. The van der Waals surface area contributed by atoms with Crippen molar-refractivity contribution in [3.05, 3.63) is 22.6 Å². The smallest absolute Gasteiger partial charge is 0.367 e. The van der Waals surface area contributed by atoms with Gasteiger partial charge in [-0.3, -0.25) is 4.79 Å². The Labute approximate surface area is 94.7 Å². The van der Waals surface area contributed by atoms with Crippen molar-refractivity contribution in [1.29, 1.82) is 0 Å². The number of fused-ring (bicyclic) bond motifs is 1. The van der Waals surface area contributed by atoms with Crippen LogP contribution >= 0.6 is 12.6 Å². The van der Waals surface area contributed by atoms with E-state index < -0.39 is 11.7 Å². The molecule has 2 rings (SSSR count). The van der Waals surface area contributed by atoms with E-state index in [-0.39, 0.29) is 13.0 Å². The van der Waals surface area contributed by atoms with E-state index >= 15 is 0 Å². The number of aryl methyl sites for hydroxylation is 1. The lowest BCUT2D eigenvalue weighted by molar-refractivity contribution is -0.137. The molecule has 0 bridgehead atoms. The molecule has 2 aromatic rings. The highest BCUT2D eigenvalue weighted by atomic mass is 32.1. The Hall–Kier alpha value is -1.83. The third-order valence-electron chi connectivity index (χ3n) is 1.96. The number of hydrogen-bond acceptors (Lipinski definition) is 5. The molecule has 84 valence electrons. The summed E-state index contributed by atoms with van der Waals surface area (Å²) in [5.74, 6) is -0.980. The number of carboxylic acid groups (broad SMARTS) is 1. The first kappa shape index (κ1) is 10.7. The van der Waals surface area contributed by atoms with Crippen molar-refractivity contribution in [3.8, 4) is 0 Å². The van der Waals surface area contributed by atoms with Gasteiger partial charge in [-0.2, -0.15) is 9.61 Å². The van der Waals surface area contributed by atoms with E-state index in [0.29, 0.717) is 10.7 Å². The van der Waals surface area contributed by atoms with Gasteiger partial charge in [0.15, 0.2) is 5.65 Å². The lowest BCUT2D eigenvalue weighted by Gasteiger charge is -1.93. The first-order valence-corrected chi connectivity index (χ1v) is 4.90. The van der Waals surface area contributed by atoms with Crippen LogP contribution < -0.4 is 5.69 Å². The monoisotopic (exact) mass is 240 g/mol. The maximum Gasteiger partial charge on any atom is 0.367 e. The maximum atomic E-state index is 11.7. The second-order valence-corrected chi connectivity index (χ2v) is 3.57. The minimum Gasteiger partial charge on any atom is -0.481 e. The molecule has 0 spiro atoms. The highest BCUT2D eigenvalue weighted by molar-refractivity contribution is 7.80. The van der Waals surface area contributed by atoms with Crippen LogP contribution in [0, 0.1) is 0 Å². The van der Waals surface area contributed by atoms with Crippen molar-refractivity contribution in [2.24, 2.45) is 0 Å². The van der Waals surface area contributed by atoms with Gasteiger partial charge in [0.05, 0.1) is 13.0 Å². The third kappa shape index (κ3) is 1.91. The Bertz CT molecular complexity index is 603. The molecule has 0 saturated carbocycles. The minimum absolute atomic E-state index is 0.0272. The Morgan fingerprint density at radius 3 is 2.88 bits per heavy atom. The van der Waals surface area contributed by atoms with Crippen molar-refractivity contribution in [3.63, 3.8) is 0 Å².